The summed E-state index contributed by atoms with van der Waals surface area (Å²) >= 11 is 0. The molecule has 1 atom stereocenters. The Kier molecular flexibility index (Phi) is 5.12. The van der Waals surface area contributed by atoms with Crippen LogP contribution in [-0.4, -0.2) is 42.8 Å². The second-order valence-corrected chi connectivity index (χ2v) is 7.73. The number of rotatable bonds is 8. The molecule has 0 aromatic heterocycles. The number of benzene rings is 1. The summed E-state index contributed by atoms with van der Waals surface area (Å²) in [5.74, 6) is 0. The zero-order valence-corrected chi connectivity index (χ0v) is 12.8. The van der Waals surface area contributed by atoms with Crippen molar-refractivity contribution in [3.05, 3.63) is 35.4 Å². The van der Waals surface area contributed by atoms with Crippen molar-refractivity contribution in [3.63, 3.8) is 0 Å². The SMILES string of the molecule is CO[Si](Cc1ccc(CCC2CO2)cc1)(OC)OC. The predicted molar refractivity (Wildman–Crippen MR) is 75.0 cm³/mol. The van der Waals surface area contributed by atoms with Crippen molar-refractivity contribution in [3.8, 4) is 0 Å². The Labute approximate surface area is 116 Å². The molecule has 0 amide bonds. The van der Waals surface area contributed by atoms with Gasteiger partial charge in [0.15, 0.2) is 0 Å². The van der Waals surface area contributed by atoms with Gasteiger partial charge in [-0.3, -0.25) is 0 Å². The molecule has 1 aromatic rings. The Morgan fingerprint density at radius 2 is 1.58 bits per heavy atom. The number of ether oxygens (including phenoxy) is 1. The highest BCUT2D eigenvalue weighted by Gasteiger charge is 2.37. The normalized spacial score (nSPS) is 18.6. The monoisotopic (exact) mass is 282 g/mol. The summed E-state index contributed by atoms with van der Waals surface area (Å²) < 4.78 is 21.5. The van der Waals surface area contributed by atoms with Gasteiger partial charge in [0.2, 0.25) is 0 Å². The van der Waals surface area contributed by atoms with Crippen LogP contribution in [0.25, 0.3) is 0 Å². The minimum Gasteiger partial charge on any atom is -0.377 e. The van der Waals surface area contributed by atoms with Gasteiger partial charge in [-0.05, 0) is 24.0 Å². The lowest BCUT2D eigenvalue weighted by atomic mass is 10.1. The molecule has 4 nitrogen and oxygen atoms in total. The third-order valence-electron chi connectivity index (χ3n) is 3.53. The van der Waals surface area contributed by atoms with Crippen molar-refractivity contribution >= 4 is 8.80 Å². The summed E-state index contributed by atoms with van der Waals surface area (Å²) in [5, 5.41) is 0. The molecule has 0 N–H and O–H groups in total. The summed E-state index contributed by atoms with van der Waals surface area (Å²) in [5.41, 5.74) is 2.53. The maximum Gasteiger partial charge on any atom is 0.504 e. The lowest BCUT2D eigenvalue weighted by molar-refractivity contribution is 0.122. The zero-order valence-electron chi connectivity index (χ0n) is 11.8. The third-order valence-corrected chi connectivity index (χ3v) is 6.24. The highest BCUT2D eigenvalue weighted by molar-refractivity contribution is 6.60. The van der Waals surface area contributed by atoms with E-state index >= 15 is 0 Å². The molecule has 1 aliphatic heterocycles. The van der Waals surface area contributed by atoms with Crippen LogP contribution < -0.4 is 0 Å². The van der Waals surface area contributed by atoms with E-state index in [-0.39, 0.29) is 0 Å². The van der Waals surface area contributed by atoms with E-state index in [1.54, 1.807) is 21.3 Å². The molecule has 2 rings (SSSR count). The highest BCUT2D eigenvalue weighted by atomic mass is 28.4. The van der Waals surface area contributed by atoms with Crippen molar-refractivity contribution in [2.45, 2.75) is 25.0 Å². The average molecular weight is 282 g/mol. The minimum absolute atomic E-state index is 0.496. The Bertz CT molecular complexity index is 377. The van der Waals surface area contributed by atoms with Crippen LogP contribution in [0.15, 0.2) is 24.3 Å². The summed E-state index contributed by atoms with van der Waals surface area (Å²) in [4.78, 5) is 0. The van der Waals surface area contributed by atoms with Crippen LogP contribution in [0.5, 0.6) is 0 Å². The molecule has 1 unspecified atom stereocenters. The molecule has 1 aliphatic rings. The van der Waals surface area contributed by atoms with Gasteiger partial charge in [0, 0.05) is 27.4 Å². The van der Waals surface area contributed by atoms with Crippen molar-refractivity contribution < 1.29 is 18.0 Å². The van der Waals surface area contributed by atoms with Crippen LogP contribution in [0.1, 0.15) is 17.5 Å². The van der Waals surface area contributed by atoms with Crippen molar-refractivity contribution in [2.75, 3.05) is 27.9 Å². The first-order valence-corrected chi connectivity index (χ1v) is 8.49. The molecule has 5 heteroatoms. The molecule has 0 bridgehead atoms. The predicted octanol–water partition coefficient (Wildman–Crippen LogP) is 1.98. The first-order valence-electron chi connectivity index (χ1n) is 6.56. The summed E-state index contributed by atoms with van der Waals surface area (Å²) in [7, 11) is 2.40. The first-order chi connectivity index (χ1) is 9.21. The van der Waals surface area contributed by atoms with Gasteiger partial charge in [-0.1, -0.05) is 24.3 Å². The van der Waals surface area contributed by atoms with Crippen molar-refractivity contribution in [1.29, 1.82) is 0 Å². The second kappa shape index (κ2) is 6.63. The van der Waals surface area contributed by atoms with Gasteiger partial charge in [0.25, 0.3) is 0 Å². The molecule has 0 aliphatic carbocycles. The minimum atomic E-state index is -2.52. The van der Waals surface area contributed by atoms with Crippen LogP contribution in [0.4, 0.5) is 0 Å². The van der Waals surface area contributed by atoms with E-state index < -0.39 is 8.80 Å². The molecular weight excluding hydrogens is 260 g/mol. The van der Waals surface area contributed by atoms with Crippen LogP contribution >= 0.6 is 0 Å². The largest absolute Gasteiger partial charge is 0.504 e. The average Bonchev–Trinajstić information content (AvgIpc) is 3.28. The van der Waals surface area contributed by atoms with E-state index in [9.17, 15) is 0 Å². The van der Waals surface area contributed by atoms with Crippen LogP contribution in [-0.2, 0) is 30.5 Å². The van der Waals surface area contributed by atoms with Gasteiger partial charge in [-0.2, -0.15) is 0 Å². The molecule has 0 radical (unpaired) electrons. The third kappa shape index (κ3) is 4.12. The second-order valence-electron chi connectivity index (χ2n) is 4.78. The maximum absolute atomic E-state index is 5.44. The Hall–Kier alpha value is -0.723. The van der Waals surface area contributed by atoms with Gasteiger partial charge in [0.05, 0.1) is 12.7 Å². The molecule has 106 valence electrons. The summed E-state index contributed by atoms with van der Waals surface area (Å²) in [6.07, 6.45) is 2.69. The zero-order chi connectivity index (χ0) is 13.7. The topological polar surface area (TPSA) is 40.2 Å². The Morgan fingerprint density at radius 3 is 2.05 bits per heavy atom. The van der Waals surface area contributed by atoms with Gasteiger partial charge in [-0.15, -0.1) is 0 Å². The van der Waals surface area contributed by atoms with E-state index in [1.807, 2.05) is 0 Å². The first kappa shape index (κ1) is 14.7. The van der Waals surface area contributed by atoms with Gasteiger partial charge in [-0.25, -0.2) is 0 Å². The van der Waals surface area contributed by atoms with Crippen LogP contribution in [0.3, 0.4) is 0 Å². The van der Waals surface area contributed by atoms with Crippen molar-refractivity contribution in [2.24, 2.45) is 0 Å². The fourth-order valence-electron chi connectivity index (χ4n) is 2.10. The van der Waals surface area contributed by atoms with E-state index in [0.29, 0.717) is 12.1 Å². The fraction of sp³-hybridized carbons (Fsp3) is 0.571. The molecule has 1 aromatic carbocycles. The van der Waals surface area contributed by atoms with Gasteiger partial charge in [0.1, 0.15) is 0 Å². The highest BCUT2D eigenvalue weighted by Crippen LogP contribution is 2.19. The van der Waals surface area contributed by atoms with Crippen molar-refractivity contribution in [1.82, 2.24) is 0 Å². The standard InChI is InChI=1S/C14H22O4Si/c1-15-19(16-2,17-3)11-13-6-4-12(5-7-13)8-9-14-10-18-14/h4-7,14H,8-11H2,1-3H3. The smallest absolute Gasteiger partial charge is 0.377 e. The summed E-state index contributed by atoms with van der Waals surface area (Å²) in [6.45, 7) is 0.932. The molecule has 1 fully saturated rings. The van der Waals surface area contributed by atoms with Gasteiger partial charge >= 0.3 is 8.80 Å². The van der Waals surface area contributed by atoms with Gasteiger partial charge < -0.3 is 18.0 Å². The molecular formula is C14H22O4Si. The fourth-order valence-corrected chi connectivity index (χ4v) is 3.77. The number of hydrogen-bond donors (Lipinski definition) is 0. The number of epoxide rings is 1. The number of aryl methyl sites for hydroxylation is 1. The Morgan fingerprint density at radius 1 is 1.05 bits per heavy atom. The summed E-state index contributed by atoms with van der Waals surface area (Å²) in [6, 6.07) is 9.28. The molecule has 0 saturated carbocycles. The lowest BCUT2D eigenvalue weighted by Gasteiger charge is -2.24. The lowest BCUT2D eigenvalue weighted by Crippen LogP contribution is -2.45. The maximum atomic E-state index is 5.44. The Balaban J connectivity index is 1.92. The van der Waals surface area contributed by atoms with E-state index in [0.717, 1.165) is 19.4 Å². The molecule has 19 heavy (non-hydrogen) atoms. The van der Waals surface area contributed by atoms with E-state index in [1.165, 1.54) is 11.1 Å². The molecule has 1 heterocycles. The van der Waals surface area contributed by atoms with Crippen LogP contribution in [0, 0.1) is 0 Å². The van der Waals surface area contributed by atoms with E-state index in [2.05, 4.69) is 24.3 Å². The quantitative estimate of drug-likeness (QED) is 0.540. The molecule has 1 saturated heterocycles. The van der Waals surface area contributed by atoms with E-state index in [4.69, 9.17) is 18.0 Å². The number of hydrogen-bond acceptors (Lipinski definition) is 4. The molecule has 0 spiro atoms. The van der Waals surface area contributed by atoms with Crippen LogP contribution in [0.2, 0.25) is 0 Å².